The number of aromatic amines is 1. The van der Waals surface area contributed by atoms with Crippen LogP contribution in [0.1, 0.15) is 11.8 Å². The third kappa shape index (κ3) is 1.82. The maximum Gasteiger partial charge on any atom is 0.330 e. The topological polar surface area (TPSA) is 134 Å². The summed E-state index contributed by atoms with van der Waals surface area (Å²) in [4.78, 5) is 25.4. The van der Waals surface area contributed by atoms with Gasteiger partial charge in [0.2, 0.25) is 0 Å². The molecule has 21 heavy (non-hydrogen) atoms. The van der Waals surface area contributed by atoms with E-state index in [2.05, 4.69) is 4.98 Å². The number of aryl methyl sites for hydroxylation is 1. The maximum atomic E-state index is 11.9. The first-order valence-electron chi connectivity index (χ1n) is 6.50. The predicted molar refractivity (Wildman–Crippen MR) is 67.8 cm³/mol. The Morgan fingerprint density at radius 2 is 1.90 bits per heavy atom. The van der Waals surface area contributed by atoms with E-state index in [1.54, 1.807) is 0 Å². The van der Waals surface area contributed by atoms with Crippen LogP contribution >= 0.6 is 0 Å². The smallest absolute Gasteiger partial charge is 0.330 e. The number of aliphatic hydroxyl groups is 3. The molecule has 0 unspecified atom stereocenters. The van der Waals surface area contributed by atoms with Gasteiger partial charge >= 0.3 is 5.69 Å². The van der Waals surface area contributed by atoms with Gasteiger partial charge in [-0.1, -0.05) is 0 Å². The van der Waals surface area contributed by atoms with Crippen molar-refractivity contribution in [1.82, 2.24) is 9.55 Å². The number of fused-ring (bicyclic) bond motifs is 1. The summed E-state index contributed by atoms with van der Waals surface area (Å²) in [7, 11) is 0. The molecule has 2 saturated heterocycles. The Balaban J connectivity index is 2.01. The average molecular weight is 300 g/mol. The molecular weight excluding hydrogens is 284 g/mol. The number of nitrogens with one attached hydrogen (secondary N) is 1. The maximum absolute atomic E-state index is 11.9. The van der Waals surface area contributed by atoms with Crippen molar-refractivity contribution in [3.8, 4) is 0 Å². The van der Waals surface area contributed by atoms with Crippen molar-refractivity contribution < 1.29 is 24.8 Å². The first-order chi connectivity index (χ1) is 9.93. The Labute approximate surface area is 118 Å². The molecule has 2 fully saturated rings. The second kappa shape index (κ2) is 4.75. The zero-order chi connectivity index (χ0) is 15.4. The molecule has 4 N–H and O–H groups in total. The lowest BCUT2D eigenvalue weighted by molar-refractivity contribution is -0.297. The largest absolute Gasteiger partial charge is 0.394 e. The molecule has 2 aliphatic rings. The Morgan fingerprint density at radius 1 is 1.29 bits per heavy atom. The minimum atomic E-state index is -1.57. The monoisotopic (exact) mass is 300 g/mol. The van der Waals surface area contributed by atoms with Gasteiger partial charge in [0, 0.05) is 11.8 Å². The first-order valence-corrected chi connectivity index (χ1v) is 6.50. The molecule has 0 bridgehead atoms. The highest BCUT2D eigenvalue weighted by atomic mass is 16.6. The lowest BCUT2D eigenvalue weighted by Gasteiger charge is -2.48. The van der Waals surface area contributed by atoms with E-state index in [9.17, 15) is 19.8 Å². The van der Waals surface area contributed by atoms with Gasteiger partial charge in [-0.25, -0.2) is 4.79 Å². The second-order valence-corrected chi connectivity index (χ2v) is 5.29. The van der Waals surface area contributed by atoms with Gasteiger partial charge in [0.25, 0.3) is 5.56 Å². The summed E-state index contributed by atoms with van der Waals surface area (Å²) >= 11 is 0. The zero-order valence-electron chi connectivity index (χ0n) is 11.2. The van der Waals surface area contributed by atoms with Crippen LogP contribution in [0.3, 0.4) is 0 Å². The van der Waals surface area contributed by atoms with E-state index in [1.807, 2.05) is 0 Å². The average Bonchev–Trinajstić information content (AvgIpc) is 2.65. The number of H-pyrrole nitrogens is 1. The Kier molecular flexibility index (Phi) is 3.26. The molecule has 0 spiro atoms. The molecular formula is C12H16N2O7. The zero-order valence-corrected chi connectivity index (χ0v) is 11.2. The molecule has 3 rings (SSSR count). The molecule has 1 aromatic heterocycles. The van der Waals surface area contributed by atoms with Crippen LogP contribution in [0.25, 0.3) is 0 Å². The number of ether oxygens (including phenoxy) is 2. The summed E-state index contributed by atoms with van der Waals surface area (Å²) in [6.07, 6.45) is -2.46. The van der Waals surface area contributed by atoms with Crippen LogP contribution in [0.2, 0.25) is 0 Å². The van der Waals surface area contributed by atoms with Crippen molar-refractivity contribution >= 4 is 0 Å². The van der Waals surface area contributed by atoms with E-state index in [0.717, 1.165) is 4.57 Å². The molecule has 2 aliphatic heterocycles. The molecule has 116 valence electrons. The summed E-state index contributed by atoms with van der Waals surface area (Å²) in [5.41, 5.74) is -2.48. The van der Waals surface area contributed by atoms with Crippen LogP contribution < -0.4 is 11.2 Å². The van der Waals surface area contributed by atoms with Crippen LogP contribution in [0.15, 0.2) is 15.8 Å². The molecule has 9 heteroatoms. The highest BCUT2D eigenvalue weighted by molar-refractivity contribution is 5.15. The standard InChI is InChI=1S/C12H16N2O7/c1-5-2-14(11(18)13-9(5)17)10-8-12(19,6(3-15)20-8)7(4-16)21-10/h2,6-8,10,15-16,19H,3-4H2,1H3,(H,13,17,18)/t6-,7-,8-,10-,12-/m1/s1. The van der Waals surface area contributed by atoms with Crippen LogP contribution in [0.5, 0.6) is 0 Å². The van der Waals surface area contributed by atoms with E-state index in [0.29, 0.717) is 5.56 Å². The summed E-state index contributed by atoms with van der Waals surface area (Å²) in [5, 5.41) is 29.1. The third-order valence-corrected chi connectivity index (χ3v) is 4.11. The number of hydrogen-bond donors (Lipinski definition) is 4. The Bertz CT molecular complexity index is 668. The highest BCUT2D eigenvalue weighted by Crippen LogP contribution is 2.49. The van der Waals surface area contributed by atoms with Crippen molar-refractivity contribution in [2.75, 3.05) is 13.2 Å². The quantitative estimate of drug-likeness (QED) is 0.474. The van der Waals surface area contributed by atoms with E-state index < -0.39 is 54.6 Å². The lowest BCUT2D eigenvalue weighted by Crippen LogP contribution is -2.70. The van der Waals surface area contributed by atoms with E-state index in [-0.39, 0.29) is 0 Å². The number of rotatable bonds is 3. The fourth-order valence-electron chi connectivity index (χ4n) is 2.91. The van der Waals surface area contributed by atoms with Crippen LogP contribution in [-0.2, 0) is 9.47 Å². The number of hydrogen-bond acceptors (Lipinski definition) is 7. The summed E-state index contributed by atoms with van der Waals surface area (Å²) < 4.78 is 12.0. The third-order valence-electron chi connectivity index (χ3n) is 4.11. The van der Waals surface area contributed by atoms with Crippen molar-refractivity contribution in [3.05, 3.63) is 32.6 Å². The van der Waals surface area contributed by atoms with Gasteiger partial charge in [0.05, 0.1) is 13.2 Å². The van der Waals surface area contributed by atoms with Crippen LogP contribution in [-0.4, -0.2) is 62.0 Å². The van der Waals surface area contributed by atoms with E-state index in [4.69, 9.17) is 14.6 Å². The predicted octanol–water partition coefficient (Wildman–Crippen LogP) is -2.77. The SMILES string of the molecule is Cc1cn([C@@H]2O[C@H](CO)[C@@]3(O)[C@@H]2O[C@@H]3CO)c(=O)[nH]c1=O. The van der Waals surface area contributed by atoms with Gasteiger partial charge in [-0.15, -0.1) is 0 Å². The number of aliphatic hydroxyl groups excluding tert-OH is 2. The van der Waals surface area contributed by atoms with E-state index >= 15 is 0 Å². The van der Waals surface area contributed by atoms with Crippen molar-refractivity contribution in [3.63, 3.8) is 0 Å². The Hall–Kier alpha value is -1.52. The van der Waals surface area contributed by atoms with Crippen LogP contribution in [0.4, 0.5) is 0 Å². The normalized spacial score (nSPS) is 38.1. The van der Waals surface area contributed by atoms with Gasteiger partial charge in [-0.2, -0.15) is 0 Å². The molecule has 0 amide bonds. The summed E-state index contributed by atoms with van der Waals surface area (Å²) in [6, 6.07) is 0. The number of aromatic nitrogens is 2. The lowest BCUT2D eigenvalue weighted by atomic mass is 9.81. The molecule has 0 radical (unpaired) electrons. The number of nitrogens with zero attached hydrogens (tertiary/aromatic N) is 1. The van der Waals surface area contributed by atoms with Gasteiger partial charge in [-0.3, -0.25) is 14.3 Å². The summed E-state index contributed by atoms with van der Waals surface area (Å²) in [5.74, 6) is 0. The van der Waals surface area contributed by atoms with Gasteiger partial charge in [0.15, 0.2) is 11.8 Å². The minimum Gasteiger partial charge on any atom is -0.394 e. The molecule has 0 aromatic carbocycles. The van der Waals surface area contributed by atoms with Gasteiger partial charge in [-0.05, 0) is 6.92 Å². The summed E-state index contributed by atoms with van der Waals surface area (Å²) in [6.45, 7) is 0.608. The molecule has 3 heterocycles. The van der Waals surface area contributed by atoms with Gasteiger partial charge in [0.1, 0.15) is 18.3 Å². The van der Waals surface area contributed by atoms with Crippen molar-refractivity contribution in [2.45, 2.75) is 37.1 Å². The molecule has 0 aliphatic carbocycles. The van der Waals surface area contributed by atoms with E-state index in [1.165, 1.54) is 13.1 Å². The molecule has 1 aromatic rings. The van der Waals surface area contributed by atoms with Crippen molar-refractivity contribution in [1.29, 1.82) is 0 Å². The molecule has 0 saturated carbocycles. The fourth-order valence-corrected chi connectivity index (χ4v) is 2.91. The fraction of sp³-hybridized carbons (Fsp3) is 0.667. The molecule has 9 nitrogen and oxygen atoms in total. The second-order valence-electron chi connectivity index (χ2n) is 5.29. The Morgan fingerprint density at radius 3 is 2.52 bits per heavy atom. The van der Waals surface area contributed by atoms with Gasteiger partial charge < -0.3 is 24.8 Å². The minimum absolute atomic E-state index is 0.298. The molecule has 5 atom stereocenters. The first kappa shape index (κ1) is 14.4. The highest BCUT2D eigenvalue weighted by Gasteiger charge is 2.69. The van der Waals surface area contributed by atoms with Crippen molar-refractivity contribution in [2.24, 2.45) is 0 Å². The van der Waals surface area contributed by atoms with Crippen LogP contribution in [0, 0.1) is 6.92 Å².